The minimum atomic E-state index is -0.461. The monoisotopic (exact) mass is 184 g/mol. The predicted octanol–water partition coefficient (Wildman–Crippen LogP) is 1.67. The van der Waals surface area contributed by atoms with Crippen LogP contribution in [0.15, 0.2) is 18.3 Å². The molecule has 0 aliphatic rings. The van der Waals surface area contributed by atoms with Crippen LogP contribution in [-0.4, -0.2) is 25.2 Å². The maximum atomic E-state index is 12.6. The molecule has 1 rings (SSSR count). The zero-order valence-electron chi connectivity index (χ0n) is 7.59. The maximum absolute atomic E-state index is 12.6. The van der Waals surface area contributed by atoms with E-state index in [0.717, 1.165) is 18.7 Å². The molecule has 0 unspecified atom stereocenters. The number of hydrogen-bond acceptors (Lipinski definition) is 3. The van der Waals surface area contributed by atoms with Gasteiger partial charge in [0.25, 0.3) is 0 Å². The number of aromatic nitrogens is 1. The maximum Gasteiger partial charge on any atom is 0.214 e. The minimum Gasteiger partial charge on any atom is -0.385 e. The Balaban J connectivity index is 2.28. The van der Waals surface area contributed by atoms with Crippen molar-refractivity contribution in [2.45, 2.75) is 6.42 Å². The highest BCUT2D eigenvalue weighted by Crippen LogP contribution is 2.05. The van der Waals surface area contributed by atoms with Crippen LogP contribution in [0, 0.1) is 5.95 Å². The third-order valence-electron chi connectivity index (χ3n) is 1.58. The van der Waals surface area contributed by atoms with Crippen LogP contribution in [0.1, 0.15) is 6.42 Å². The second kappa shape index (κ2) is 5.48. The van der Waals surface area contributed by atoms with Crippen molar-refractivity contribution in [3.05, 3.63) is 24.3 Å². The smallest absolute Gasteiger partial charge is 0.214 e. The van der Waals surface area contributed by atoms with E-state index in [-0.39, 0.29) is 0 Å². The van der Waals surface area contributed by atoms with Crippen LogP contribution in [0.25, 0.3) is 0 Å². The second-order valence-corrected chi connectivity index (χ2v) is 2.64. The van der Waals surface area contributed by atoms with Gasteiger partial charge in [0.05, 0.1) is 0 Å². The lowest BCUT2D eigenvalue weighted by Gasteiger charge is -2.04. The molecule has 0 atom stereocenters. The molecule has 1 aromatic heterocycles. The van der Waals surface area contributed by atoms with Crippen LogP contribution in [0.5, 0.6) is 0 Å². The van der Waals surface area contributed by atoms with Gasteiger partial charge in [-0.05, 0) is 12.5 Å². The van der Waals surface area contributed by atoms with Gasteiger partial charge in [0, 0.05) is 38.2 Å². The summed E-state index contributed by atoms with van der Waals surface area (Å²) in [5.41, 5.74) is 0.753. The van der Waals surface area contributed by atoms with E-state index in [2.05, 4.69) is 10.3 Å². The van der Waals surface area contributed by atoms with Gasteiger partial charge in [-0.25, -0.2) is 4.98 Å². The average Bonchev–Trinajstić information content (AvgIpc) is 2.13. The van der Waals surface area contributed by atoms with E-state index in [0.29, 0.717) is 6.61 Å². The molecule has 0 bridgehead atoms. The van der Waals surface area contributed by atoms with E-state index in [1.165, 1.54) is 12.3 Å². The zero-order valence-corrected chi connectivity index (χ0v) is 7.59. The Labute approximate surface area is 76.9 Å². The summed E-state index contributed by atoms with van der Waals surface area (Å²) < 4.78 is 17.4. The molecule has 0 aliphatic carbocycles. The molecular formula is C9H13FN2O. The van der Waals surface area contributed by atoms with Crippen molar-refractivity contribution < 1.29 is 9.13 Å². The first-order chi connectivity index (χ1) is 6.33. The first kappa shape index (κ1) is 9.92. The number of ether oxygens (including phenoxy) is 1. The molecular weight excluding hydrogens is 171 g/mol. The molecule has 1 N–H and O–H groups in total. The molecule has 0 saturated carbocycles. The van der Waals surface area contributed by atoms with Crippen molar-refractivity contribution in [1.29, 1.82) is 0 Å². The Morgan fingerprint density at radius 1 is 1.62 bits per heavy atom. The summed E-state index contributed by atoms with van der Waals surface area (Å²) in [5.74, 6) is -0.461. The van der Waals surface area contributed by atoms with Gasteiger partial charge in [0.15, 0.2) is 0 Å². The average molecular weight is 184 g/mol. The quantitative estimate of drug-likeness (QED) is 0.558. The summed E-state index contributed by atoms with van der Waals surface area (Å²) in [6.45, 7) is 1.48. The predicted molar refractivity (Wildman–Crippen MR) is 49.2 cm³/mol. The van der Waals surface area contributed by atoms with Crippen molar-refractivity contribution in [3.63, 3.8) is 0 Å². The van der Waals surface area contributed by atoms with Gasteiger partial charge < -0.3 is 10.1 Å². The van der Waals surface area contributed by atoms with Crippen LogP contribution in [0.3, 0.4) is 0 Å². The van der Waals surface area contributed by atoms with Gasteiger partial charge in [0.1, 0.15) is 0 Å². The Morgan fingerprint density at radius 3 is 3.15 bits per heavy atom. The van der Waals surface area contributed by atoms with Crippen LogP contribution in [0.2, 0.25) is 0 Å². The van der Waals surface area contributed by atoms with E-state index in [9.17, 15) is 4.39 Å². The standard InChI is InChI=1S/C9H13FN2O/c1-13-6-2-4-11-8-3-5-12-9(10)7-8/h3,5,7H,2,4,6H2,1H3,(H,11,12). The van der Waals surface area contributed by atoms with E-state index in [4.69, 9.17) is 4.74 Å². The fourth-order valence-corrected chi connectivity index (χ4v) is 0.962. The van der Waals surface area contributed by atoms with Crippen molar-refractivity contribution in [2.75, 3.05) is 25.6 Å². The van der Waals surface area contributed by atoms with E-state index < -0.39 is 5.95 Å². The van der Waals surface area contributed by atoms with Crippen molar-refractivity contribution in [1.82, 2.24) is 4.98 Å². The summed E-state index contributed by atoms with van der Waals surface area (Å²) in [4.78, 5) is 3.45. The molecule has 1 aromatic rings. The molecule has 3 nitrogen and oxygen atoms in total. The fraction of sp³-hybridized carbons (Fsp3) is 0.444. The number of nitrogens with zero attached hydrogens (tertiary/aromatic N) is 1. The SMILES string of the molecule is COCCCNc1ccnc(F)c1. The third kappa shape index (κ3) is 3.85. The lowest BCUT2D eigenvalue weighted by Crippen LogP contribution is -2.04. The molecule has 0 spiro atoms. The summed E-state index contributed by atoms with van der Waals surface area (Å²) in [5, 5.41) is 3.06. The van der Waals surface area contributed by atoms with Gasteiger partial charge in [-0.15, -0.1) is 0 Å². The number of halogens is 1. The lowest BCUT2D eigenvalue weighted by molar-refractivity contribution is 0.198. The molecule has 0 saturated heterocycles. The Bertz CT molecular complexity index is 255. The van der Waals surface area contributed by atoms with Crippen molar-refractivity contribution in [3.8, 4) is 0 Å². The van der Waals surface area contributed by atoms with Gasteiger partial charge in [-0.1, -0.05) is 0 Å². The van der Waals surface area contributed by atoms with E-state index in [1.54, 1.807) is 13.2 Å². The molecule has 0 aromatic carbocycles. The van der Waals surface area contributed by atoms with Gasteiger partial charge in [-0.2, -0.15) is 4.39 Å². The summed E-state index contributed by atoms with van der Waals surface area (Å²) >= 11 is 0. The van der Waals surface area contributed by atoms with E-state index >= 15 is 0 Å². The van der Waals surface area contributed by atoms with Crippen molar-refractivity contribution >= 4 is 5.69 Å². The lowest BCUT2D eigenvalue weighted by atomic mass is 10.3. The van der Waals surface area contributed by atoms with Crippen LogP contribution in [0.4, 0.5) is 10.1 Å². The zero-order chi connectivity index (χ0) is 9.52. The van der Waals surface area contributed by atoms with Crippen LogP contribution in [-0.2, 0) is 4.74 Å². The largest absolute Gasteiger partial charge is 0.385 e. The molecule has 1 heterocycles. The topological polar surface area (TPSA) is 34.1 Å². The summed E-state index contributed by atoms with van der Waals surface area (Å²) in [6, 6.07) is 3.10. The fourth-order valence-electron chi connectivity index (χ4n) is 0.962. The Morgan fingerprint density at radius 2 is 2.46 bits per heavy atom. The van der Waals surface area contributed by atoms with Gasteiger partial charge in [0.2, 0.25) is 5.95 Å². The second-order valence-electron chi connectivity index (χ2n) is 2.64. The number of anilines is 1. The van der Waals surface area contributed by atoms with Gasteiger partial charge >= 0.3 is 0 Å². The highest BCUT2D eigenvalue weighted by atomic mass is 19.1. The molecule has 0 aliphatic heterocycles. The third-order valence-corrected chi connectivity index (χ3v) is 1.58. The summed E-state index contributed by atoms with van der Waals surface area (Å²) in [6.07, 6.45) is 2.34. The number of hydrogen-bond donors (Lipinski definition) is 1. The molecule has 13 heavy (non-hydrogen) atoms. The number of pyridine rings is 1. The van der Waals surface area contributed by atoms with Crippen molar-refractivity contribution in [2.24, 2.45) is 0 Å². The minimum absolute atomic E-state index is 0.461. The summed E-state index contributed by atoms with van der Waals surface area (Å²) in [7, 11) is 1.66. The normalized spacial score (nSPS) is 10.0. The number of nitrogens with one attached hydrogen (secondary N) is 1. The number of methoxy groups -OCH3 is 1. The molecule has 0 fully saturated rings. The molecule has 0 amide bonds. The van der Waals surface area contributed by atoms with Crippen LogP contribution < -0.4 is 5.32 Å². The first-order valence-corrected chi connectivity index (χ1v) is 4.17. The molecule has 72 valence electrons. The van der Waals surface area contributed by atoms with Crippen LogP contribution >= 0.6 is 0 Å². The first-order valence-electron chi connectivity index (χ1n) is 4.17. The number of rotatable bonds is 5. The molecule has 0 radical (unpaired) electrons. The van der Waals surface area contributed by atoms with E-state index in [1.807, 2.05) is 0 Å². The Kier molecular flexibility index (Phi) is 4.18. The highest BCUT2D eigenvalue weighted by Gasteiger charge is 1.94. The Hall–Kier alpha value is -1.16. The molecule has 4 heteroatoms. The van der Waals surface area contributed by atoms with Gasteiger partial charge in [-0.3, -0.25) is 0 Å². The highest BCUT2D eigenvalue weighted by molar-refractivity contribution is 5.40.